The van der Waals surface area contributed by atoms with Crippen LogP contribution in [0.25, 0.3) is 11.1 Å². The highest BCUT2D eigenvalue weighted by molar-refractivity contribution is 7.99. The van der Waals surface area contributed by atoms with Gasteiger partial charge in [-0.05, 0) is 49.3 Å². The number of nitrogens with zero attached hydrogens (tertiary/aromatic N) is 3. The summed E-state index contributed by atoms with van der Waals surface area (Å²) >= 11 is 1.50. The number of hydrogen-bond donors (Lipinski definition) is 1. The maximum Gasteiger partial charge on any atom is 0.230 e. The van der Waals surface area contributed by atoms with E-state index in [1.807, 2.05) is 25.1 Å². The van der Waals surface area contributed by atoms with E-state index in [2.05, 4.69) is 56.5 Å². The zero-order valence-corrected chi connectivity index (χ0v) is 17.9. The van der Waals surface area contributed by atoms with Gasteiger partial charge in [-0.25, -0.2) is 0 Å². The van der Waals surface area contributed by atoms with Crippen molar-refractivity contribution in [1.29, 1.82) is 0 Å². The predicted molar refractivity (Wildman–Crippen MR) is 119 cm³/mol. The van der Waals surface area contributed by atoms with E-state index in [0.29, 0.717) is 17.7 Å². The van der Waals surface area contributed by atoms with Crippen LogP contribution in [0.15, 0.2) is 59.8 Å². The molecule has 0 unspecified atom stereocenters. The first kappa shape index (κ1) is 19.4. The molecule has 2 aromatic carbocycles. The van der Waals surface area contributed by atoms with Crippen LogP contribution < -0.4 is 5.32 Å². The van der Waals surface area contributed by atoms with Gasteiger partial charge in [0.15, 0.2) is 5.16 Å². The summed E-state index contributed by atoms with van der Waals surface area (Å²) in [6.45, 7) is 2.03. The van der Waals surface area contributed by atoms with Crippen LogP contribution in [0.4, 0.5) is 0 Å². The molecule has 3 aromatic rings. The summed E-state index contributed by atoms with van der Waals surface area (Å²) in [5, 5.41) is 12.8. The molecule has 154 valence electrons. The Hall–Kier alpha value is -2.60. The molecule has 2 aliphatic carbocycles. The lowest BCUT2D eigenvalue weighted by molar-refractivity contribution is -0.119. The molecule has 6 heteroatoms. The Morgan fingerprint density at radius 1 is 1.03 bits per heavy atom. The van der Waals surface area contributed by atoms with E-state index >= 15 is 0 Å². The highest BCUT2D eigenvalue weighted by Gasteiger charge is 2.36. The minimum Gasteiger partial charge on any atom is -0.349 e. The normalized spacial score (nSPS) is 17.0. The molecule has 1 atom stereocenters. The summed E-state index contributed by atoms with van der Waals surface area (Å²) in [4.78, 5) is 12.5. The number of benzene rings is 2. The molecule has 0 spiro atoms. The van der Waals surface area contributed by atoms with Gasteiger partial charge in [0.25, 0.3) is 0 Å². The molecule has 1 amide bonds. The number of aromatic nitrogens is 3. The maximum atomic E-state index is 12.5. The minimum absolute atomic E-state index is 0.0259. The van der Waals surface area contributed by atoms with Crippen molar-refractivity contribution < 1.29 is 4.79 Å². The van der Waals surface area contributed by atoms with Gasteiger partial charge < -0.3 is 9.88 Å². The van der Waals surface area contributed by atoms with Gasteiger partial charge in [0.05, 0.1) is 11.8 Å². The third kappa shape index (κ3) is 4.29. The molecule has 2 saturated carbocycles. The molecular weight excluding hydrogens is 392 g/mol. The fourth-order valence-electron chi connectivity index (χ4n) is 3.77. The summed E-state index contributed by atoms with van der Waals surface area (Å²) < 4.78 is 2.29. The first-order chi connectivity index (χ1) is 14.7. The van der Waals surface area contributed by atoms with Crippen LogP contribution >= 0.6 is 11.8 Å². The van der Waals surface area contributed by atoms with Crippen molar-refractivity contribution >= 4 is 17.7 Å². The summed E-state index contributed by atoms with van der Waals surface area (Å²) in [5.74, 6) is 2.10. The Morgan fingerprint density at radius 2 is 1.73 bits per heavy atom. The molecule has 0 bridgehead atoms. The van der Waals surface area contributed by atoms with Gasteiger partial charge in [0, 0.05) is 12.0 Å². The Balaban J connectivity index is 1.18. The van der Waals surface area contributed by atoms with Crippen LogP contribution in [0.3, 0.4) is 0 Å². The second-order valence-corrected chi connectivity index (χ2v) is 9.22. The molecule has 2 fully saturated rings. The number of amides is 1. The third-order valence-electron chi connectivity index (χ3n) is 5.77. The van der Waals surface area contributed by atoms with E-state index in [0.717, 1.165) is 16.5 Å². The van der Waals surface area contributed by atoms with Crippen LogP contribution in [-0.4, -0.2) is 26.4 Å². The topological polar surface area (TPSA) is 59.8 Å². The lowest BCUT2D eigenvalue weighted by Gasteiger charge is -2.15. The number of carbonyl (C=O) groups excluding carboxylic acids is 1. The number of thioether (sulfide) groups is 1. The Bertz CT molecular complexity index is 1020. The Morgan fingerprint density at radius 3 is 2.40 bits per heavy atom. The van der Waals surface area contributed by atoms with Crippen LogP contribution in [0.5, 0.6) is 0 Å². The smallest absolute Gasteiger partial charge is 0.230 e. The van der Waals surface area contributed by atoms with Gasteiger partial charge in [-0.2, -0.15) is 0 Å². The molecule has 1 N–H and O–H groups in total. The first-order valence-electron chi connectivity index (χ1n) is 10.7. The highest BCUT2D eigenvalue weighted by atomic mass is 32.2. The highest BCUT2D eigenvalue weighted by Crippen LogP contribution is 2.45. The lowest BCUT2D eigenvalue weighted by Crippen LogP contribution is -2.28. The lowest BCUT2D eigenvalue weighted by atomic mass is 10.0. The monoisotopic (exact) mass is 418 g/mol. The summed E-state index contributed by atoms with van der Waals surface area (Å²) in [6.07, 6.45) is 4.84. The summed E-state index contributed by atoms with van der Waals surface area (Å²) in [6, 6.07) is 19.2. The molecule has 5 rings (SSSR count). The van der Waals surface area contributed by atoms with Gasteiger partial charge in [0.2, 0.25) is 5.91 Å². The van der Waals surface area contributed by atoms with Gasteiger partial charge in [-0.15, -0.1) is 10.2 Å². The van der Waals surface area contributed by atoms with Crippen LogP contribution in [0.2, 0.25) is 0 Å². The van der Waals surface area contributed by atoms with Crippen molar-refractivity contribution in [1.82, 2.24) is 20.1 Å². The van der Waals surface area contributed by atoms with Crippen molar-refractivity contribution in [2.45, 2.75) is 55.8 Å². The fraction of sp³-hybridized carbons (Fsp3) is 0.375. The van der Waals surface area contributed by atoms with Gasteiger partial charge in [-0.3, -0.25) is 4.79 Å². The van der Waals surface area contributed by atoms with E-state index in [9.17, 15) is 4.79 Å². The van der Waals surface area contributed by atoms with Crippen molar-refractivity contribution in [3.8, 4) is 11.1 Å². The molecule has 0 radical (unpaired) electrons. The van der Waals surface area contributed by atoms with Crippen LogP contribution in [0.1, 0.15) is 62.0 Å². The number of nitrogens with one attached hydrogen (secondary N) is 1. The zero-order chi connectivity index (χ0) is 20.5. The molecule has 0 saturated heterocycles. The largest absolute Gasteiger partial charge is 0.349 e. The number of rotatable bonds is 8. The van der Waals surface area contributed by atoms with Crippen molar-refractivity contribution in [2.75, 3.05) is 5.75 Å². The molecule has 30 heavy (non-hydrogen) atoms. The SMILES string of the molecule is C[C@@H](NC(=O)CSc1nnc(C2CC2)n1C1CC1)c1ccc(-c2ccccc2)cc1. The standard InChI is InChI=1S/C24H26N4OS/c1-16(17-7-9-19(10-8-17)18-5-3-2-4-6-18)25-22(29)15-30-24-27-26-23(20-11-12-20)28(24)21-13-14-21/h2-10,16,20-21H,11-15H2,1H3,(H,25,29)/t16-/m1/s1. The van der Waals surface area contributed by atoms with Crippen LogP contribution in [-0.2, 0) is 4.79 Å². The van der Waals surface area contributed by atoms with Crippen LogP contribution in [0, 0.1) is 0 Å². The molecule has 0 aliphatic heterocycles. The first-order valence-corrected chi connectivity index (χ1v) is 11.7. The molecule has 2 aliphatic rings. The molecule has 1 aromatic heterocycles. The average molecular weight is 419 g/mol. The van der Waals surface area contributed by atoms with Crippen molar-refractivity contribution in [3.05, 3.63) is 66.0 Å². The Kier molecular flexibility index (Phi) is 5.34. The molecule has 1 heterocycles. The van der Waals surface area contributed by atoms with Crippen molar-refractivity contribution in [2.24, 2.45) is 0 Å². The second kappa shape index (κ2) is 8.26. The molecule has 5 nitrogen and oxygen atoms in total. The second-order valence-electron chi connectivity index (χ2n) is 8.28. The van der Waals surface area contributed by atoms with Gasteiger partial charge in [-0.1, -0.05) is 66.4 Å². The Labute approximate surface area is 181 Å². The number of carbonyl (C=O) groups is 1. The van der Waals surface area contributed by atoms with Crippen molar-refractivity contribution in [3.63, 3.8) is 0 Å². The van der Waals surface area contributed by atoms with Gasteiger partial charge in [0.1, 0.15) is 5.82 Å². The minimum atomic E-state index is -0.0359. The fourth-order valence-corrected chi connectivity index (χ4v) is 4.60. The average Bonchev–Trinajstić information content (AvgIpc) is 3.72. The van der Waals surface area contributed by atoms with E-state index in [1.54, 1.807) is 0 Å². The van der Waals surface area contributed by atoms with E-state index < -0.39 is 0 Å². The predicted octanol–water partition coefficient (Wildman–Crippen LogP) is 5.13. The third-order valence-corrected chi connectivity index (χ3v) is 6.72. The maximum absolute atomic E-state index is 12.5. The molecular formula is C24H26N4OS. The van der Waals surface area contributed by atoms with E-state index in [4.69, 9.17) is 0 Å². The summed E-state index contributed by atoms with van der Waals surface area (Å²) in [5.41, 5.74) is 3.48. The van der Waals surface area contributed by atoms with E-state index in [1.165, 1.54) is 48.6 Å². The van der Waals surface area contributed by atoms with E-state index in [-0.39, 0.29) is 11.9 Å². The zero-order valence-electron chi connectivity index (χ0n) is 17.1. The summed E-state index contributed by atoms with van der Waals surface area (Å²) in [7, 11) is 0. The van der Waals surface area contributed by atoms with Gasteiger partial charge >= 0.3 is 0 Å². The number of hydrogen-bond acceptors (Lipinski definition) is 4. The quantitative estimate of drug-likeness (QED) is 0.516.